The van der Waals surface area contributed by atoms with Crippen LogP contribution in [-0.4, -0.2) is 35.5 Å². The lowest BCUT2D eigenvalue weighted by atomic mass is 9.98. The molecule has 0 saturated heterocycles. The predicted octanol–water partition coefficient (Wildman–Crippen LogP) is 5.98. The summed E-state index contributed by atoms with van der Waals surface area (Å²) < 4.78 is 11.6. The second kappa shape index (κ2) is 13.5. The number of aliphatic carboxylic acids is 1. The van der Waals surface area contributed by atoms with Crippen LogP contribution in [0.15, 0.2) is 50.0 Å². The molecule has 0 unspecified atom stereocenters. The van der Waals surface area contributed by atoms with Gasteiger partial charge in [0.1, 0.15) is 23.0 Å². The summed E-state index contributed by atoms with van der Waals surface area (Å²) in [6.45, 7) is 8.14. The molecule has 1 atom stereocenters. The van der Waals surface area contributed by atoms with Gasteiger partial charge in [-0.15, -0.1) is 0 Å². The van der Waals surface area contributed by atoms with Gasteiger partial charge in [-0.05, 0) is 87.3 Å². The summed E-state index contributed by atoms with van der Waals surface area (Å²) in [5.41, 5.74) is 7.10. The number of unbranched alkanes of at least 4 members (excludes halogenated alkanes) is 2. The Morgan fingerprint density at radius 1 is 0.889 bits per heavy atom. The lowest BCUT2D eigenvalue weighted by molar-refractivity contribution is -0.141. The molecule has 236 valence electrons. The van der Waals surface area contributed by atoms with Crippen molar-refractivity contribution in [1.29, 1.82) is 0 Å². The quantitative estimate of drug-likeness (QED) is 0.125. The van der Waals surface area contributed by atoms with E-state index in [2.05, 4.69) is 10.6 Å². The van der Waals surface area contributed by atoms with Crippen molar-refractivity contribution in [2.24, 2.45) is 0 Å². The summed E-state index contributed by atoms with van der Waals surface area (Å²) in [6, 6.07) is 8.92. The molecule has 0 aliphatic heterocycles. The van der Waals surface area contributed by atoms with Crippen molar-refractivity contribution in [1.82, 2.24) is 10.6 Å². The van der Waals surface area contributed by atoms with Crippen LogP contribution in [0, 0.1) is 27.7 Å². The Balaban J connectivity index is 1.05. The van der Waals surface area contributed by atoms with E-state index >= 15 is 0 Å². The molecule has 3 N–H and O–H groups in total. The number of hydrogen-bond acceptors (Lipinski definition) is 6. The van der Waals surface area contributed by atoms with E-state index in [1.165, 1.54) is 5.56 Å². The van der Waals surface area contributed by atoms with Gasteiger partial charge in [0, 0.05) is 47.7 Å². The summed E-state index contributed by atoms with van der Waals surface area (Å²) in [4.78, 5) is 49.7. The fraction of sp³-hybridized carbons (Fsp3) is 0.389. The molecule has 0 radical (unpaired) electrons. The van der Waals surface area contributed by atoms with Crippen molar-refractivity contribution in [3.63, 3.8) is 0 Å². The molecule has 0 saturated carbocycles. The fourth-order valence-electron chi connectivity index (χ4n) is 6.16. The van der Waals surface area contributed by atoms with Crippen LogP contribution in [0.5, 0.6) is 0 Å². The van der Waals surface area contributed by atoms with Crippen molar-refractivity contribution in [3.05, 3.63) is 86.0 Å². The molecule has 4 aromatic rings. The molecule has 9 nitrogen and oxygen atoms in total. The van der Waals surface area contributed by atoms with Crippen LogP contribution in [0.25, 0.3) is 27.5 Å². The molecule has 2 aromatic heterocycles. The third kappa shape index (κ3) is 6.87. The largest absolute Gasteiger partial charge is 0.480 e. The van der Waals surface area contributed by atoms with Gasteiger partial charge in [0.2, 0.25) is 11.8 Å². The number of nitrogens with one attached hydrogen (secondary N) is 2. The van der Waals surface area contributed by atoms with Gasteiger partial charge in [0.25, 0.3) is 0 Å². The van der Waals surface area contributed by atoms with E-state index in [9.17, 15) is 24.3 Å². The van der Waals surface area contributed by atoms with Gasteiger partial charge < -0.3 is 24.6 Å². The van der Waals surface area contributed by atoms with Gasteiger partial charge in [-0.25, -0.2) is 9.59 Å². The topological polar surface area (TPSA) is 139 Å². The second-order valence-electron chi connectivity index (χ2n) is 11.9. The van der Waals surface area contributed by atoms with Crippen molar-refractivity contribution in [2.75, 3.05) is 6.54 Å². The Bertz CT molecular complexity index is 1880. The van der Waals surface area contributed by atoms with Gasteiger partial charge in [0.15, 0.2) is 0 Å². The van der Waals surface area contributed by atoms with Gasteiger partial charge in [-0.3, -0.25) is 9.59 Å². The van der Waals surface area contributed by atoms with Crippen LogP contribution < -0.4 is 16.3 Å². The number of hydrogen-bond donors (Lipinski definition) is 3. The van der Waals surface area contributed by atoms with E-state index in [1.807, 2.05) is 64.1 Å². The van der Waals surface area contributed by atoms with E-state index in [0.29, 0.717) is 37.0 Å². The number of carboxylic acid groups (broad SMARTS) is 1. The van der Waals surface area contributed by atoms with Gasteiger partial charge in [0.05, 0.1) is 0 Å². The second-order valence-corrected chi connectivity index (χ2v) is 11.9. The predicted molar refractivity (Wildman–Crippen MR) is 173 cm³/mol. The minimum Gasteiger partial charge on any atom is -0.480 e. The van der Waals surface area contributed by atoms with Gasteiger partial charge >= 0.3 is 11.6 Å². The lowest BCUT2D eigenvalue weighted by Crippen LogP contribution is -2.40. The van der Waals surface area contributed by atoms with E-state index in [4.69, 9.17) is 8.83 Å². The Morgan fingerprint density at radius 2 is 1.62 bits per heavy atom. The molecule has 5 rings (SSSR count). The van der Waals surface area contributed by atoms with Crippen molar-refractivity contribution >= 4 is 45.3 Å². The standard InChI is InChI=1S/C36H40N2O7/c1-20-23(4)44-33-22(3)34-29(19-28(20)33)21(2)26(36(43)45-34)15-16-31(39)37-17-9-5-6-12-32(40)38-30(35(41)42)18-25-14-13-24-10-7-8-11-27(24)25/h7-8,10-11,14,19,30H,5-6,9,12-13,15-18H2,1-4H3,(H,37,39)(H,38,40)(H,41,42)/t30-/m0/s1. The minimum absolute atomic E-state index is 0.155. The van der Waals surface area contributed by atoms with Gasteiger partial charge in [-0.2, -0.15) is 0 Å². The zero-order valence-electron chi connectivity index (χ0n) is 26.3. The SMILES string of the molecule is Cc1oc2c(C)c3oc(=O)c(CCC(=O)NCCCCCC(=O)N[C@@H](CC4=CCc5ccccc54)C(=O)O)c(C)c3cc2c1C. The van der Waals surface area contributed by atoms with E-state index in [-0.39, 0.29) is 37.5 Å². The molecule has 1 aliphatic carbocycles. The minimum atomic E-state index is -1.05. The molecule has 2 heterocycles. The zero-order chi connectivity index (χ0) is 32.2. The molecular formula is C36H40N2O7. The molecule has 9 heteroatoms. The maximum atomic E-state index is 12.9. The number of benzene rings is 2. The van der Waals surface area contributed by atoms with Crippen LogP contribution in [-0.2, 0) is 27.2 Å². The number of carboxylic acids is 1. The fourth-order valence-corrected chi connectivity index (χ4v) is 6.16. The highest BCUT2D eigenvalue weighted by molar-refractivity contribution is 6.00. The first-order chi connectivity index (χ1) is 21.5. The number of rotatable bonds is 13. The average Bonchev–Trinajstić information content (AvgIpc) is 3.55. The number of allylic oxidation sites excluding steroid dienone is 1. The van der Waals surface area contributed by atoms with Crippen molar-refractivity contribution in [3.8, 4) is 0 Å². The molecule has 0 spiro atoms. The third-order valence-electron chi connectivity index (χ3n) is 8.94. The molecule has 1 aliphatic rings. The third-order valence-corrected chi connectivity index (χ3v) is 8.94. The summed E-state index contributed by atoms with van der Waals surface area (Å²) in [7, 11) is 0. The molecule has 2 amide bonds. The van der Waals surface area contributed by atoms with Crippen LogP contribution in [0.3, 0.4) is 0 Å². The maximum Gasteiger partial charge on any atom is 0.339 e. The first kappa shape index (κ1) is 31.8. The summed E-state index contributed by atoms with van der Waals surface area (Å²) in [6.07, 6.45) is 5.66. The molecule has 2 aromatic carbocycles. The lowest BCUT2D eigenvalue weighted by Gasteiger charge is -2.16. The number of furan rings is 1. The van der Waals surface area contributed by atoms with E-state index in [0.717, 1.165) is 56.4 Å². The highest BCUT2D eigenvalue weighted by Gasteiger charge is 2.24. The van der Waals surface area contributed by atoms with Gasteiger partial charge in [-0.1, -0.05) is 36.8 Å². The molecular weight excluding hydrogens is 572 g/mol. The number of aryl methyl sites for hydroxylation is 4. The van der Waals surface area contributed by atoms with Crippen LogP contribution in [0.1, 0.15) is 77.7 Å². The first-order valence-corrected chi connectivity index (χ1v) is 15.6. The number of fused-ring (bicyclic) bond motifs is 3. The first-order valence-electron chi connectivity index (χ1n) is 15.6. The monoisotopic (exact) mass is 612 g/mol. The molecule has 0 fully saturated rings. The van der Waals surface area contributed by atoms with Crippen LogP contribution in [0.2, 0.25) is 0 Å². The van der Waals surface area contributed by atoms with E-state index in [1.54, 1.807) is 0 Å². The Hall–Kier alpha value is -4.66. The summed E-state index contributed by atoms with van der Waals surface area (Å²) in [5.74, 6) is -0.679. The summed E-state index contributed by atoms with van der Waals surface area (Å²) in [5, 5.41) is 17.1. The number of carbonyl (C=O) groups excluding carboxylic acids is 2. The molecule has 45 heavy (non-hydrogen) atoms. The van der Waals surface area contributed by atoms with Crippen LogP contribution >= 0.6 is 0 Å². The molecule has 0 bridgehead atoms. The highest BCUT2D eigenvalue weighted by atomic mass is 16.4. The maximum absolute atomic E-state index is 12.9. The Labute approximate surface area is 261 Å². The average molecular weight is 613 g/mol. The van der Waals surface area contributed by atoms with Crippen molar-refractivity contribution in [2.45, 2.75) is 85.1 Å². The zero-order valence-corrected chi connectivity index (χ0v) is 26.3. The smallest absolute Gasteiger partial charge is 0.339 e. The Kier molecular flexibility index (Phi) is 9.56. The number of carbonyl (C=O) groups is 3. The Morgan fingerprint density at radius 3 is 2.40 bits per heavy atom. The highest BCUT2D eigenvalue weighted by Crippen LogP contribution is 2.34. The normalized spacial score (nSPS) is 13.1. The van der Waals surface area contributed by atoms with Crippen LogP contribution in [0.4, 0.5) is 0 Å². The number of amides is 2. The summed E-state index contributed by atoms with van der Waals surface area (Å²) >= 11 is 0. The van der Waals surface area contributed by atoms with E-state index < -0.39 is 17.6 Å². The van der Waals surface area contributed by atoms with Crippen molar-refractivity contribution < 1.29 is 28.3 Å².